The number of imide groups is 1. The van der Waals surface area contributed by atoms with E-state index >= 15 is 0 Å². The van der Waals surface area contributed by atoms with E-state index in [9.17, 15) is 9.59 Å². The Hall–Kier alpha value is -2.56. The van der Waals surface area contributed by atoms with Crippen LogP contribution in [0.5, 0.6) is 0 Å². The molecule has 0 N–H and O–H groups in total. The monoisotopic (exact) mass is 283 g/mol. The van der Waals surface area contributed by atoms with Crippen LogP contribution >= 0.6 is 0 Å². The zero-order valence-electron chi connectivity index (χ0n) is 12.5. The lowest BCUT2D eigenvalue weighted by molar-refractivity contribution is -0.135. The van der Waals surface area contributed by atoms with Gasteiger partial charge in [-0.2, -0.15) is 0 Å². The lowest BCUT2D eigenvalue weighted by Crippen LogP contribution is -2.29. The van der Waals surface area contributed by atoms with E-state index in [1.54, 1.807) is 19.0 Å². The molecule has 3 rings (SSSR count). The van der Waals surface area contributed by atoms with Crippen molar-refractivity contribution in [2.75, 3.05) is 21.1 Å². The molecule has 1 aliphatic heterocycles. The van der Waals surface area contributed by atoms with E-state index < -0.39 is 0 Å². The Bertz CT molecular complexity index is 799. The summed E-state index contributed by atoms with van der Waals surface area (Å²) in [5.74, 6) is -0.506. The van der Waals surface area contributed by atoms with E-state index in [4.69, 9.17) is 0 Å². The molecule has 0 unspecified atom stereocenters. The normalized spacial score (nSPS) is 15.5. The summed E-state index contributed by atoms with van der Waals surface area (Å²) < 4.78 is 1.97. The molecule has 0 bridgehead atoms. The number of amides is 2. The van der Waals surface area contributed by atoms with Crippen LogP contribution in [0.1, 0.15) is 5.56 Å². The third-order valence-corrected chi connectivity index (χ3v) is 3.88. The van der Waals surface area contributed by atoms with Crippen LogP contribution in [-0.2, 0) is 16.6 Å². The third-order valence-electron chi connectivity index (χ3n) is 3.88. The molecule has 5 heteroatoms. The van der Waals surface area contributed by atoms with Crippen molar-refractivity contribution in [2.45, 2.75) is 0 Å². The van der Waals surface area contributed by atoms with Gasteiger partial charge in [0.25, 0.3) is 11.8 Å². The van der Waals surface area contributed by atoms with Crippen LogP contribution in [0.25, 0.3) is 16.5 Å². The summed E-state index contributed by atoms with van der Waals surface area (Å²) in [6, 6.07) is 7.87. The molecule has 2 heterocycles. The summed E-state index contributed by atoms with van der Waals surface area (Å²) in [7, 11) is 7.02. The van der Waals surface area contributed by atoms with Gasteiger partial charge in [0.2, 0.25) is 0 Å². The van der Waals surface area contributed by atoms with Gasteiger partial charge in [0.05, 0.1) is 5.57 Å². The molecule has 0 spiro atoms. The molecule has 1 aliphatic rings. The molecule has 21 heavy (non-hydrogen) atoms. The number of carbonyl (C=O) groups excluding carboxylic acids is 2. The number of fused-ring (bicyclic) bond motifs is 1. The fourth-order valence-corrected chi connectivity index (χ4v) is 2.83. The predicted molar refractivity (Wildman–Crippen MR) is 81.3 cm³/mol. The highest BCUT2D eigenvalue weighted by Gasteiger charge is 2.38. The maximum Gasteiger partial charge on any atom is 0.277 e. The number of aromatic nitrogens is 1. The maximum atomic E-state index is 12.5. The summed E-state index contributed by atoms with van der Waals surface area (Å²) >= 11 is 0. The first-order valence-corrected chi connectivity index (χ1v) is 6.72. The van der Waals surface area contributed by atoms with Crippen LogP contribution in [0.4, 0.5) is 0 Å². The summed E-state index contributed by atoms with van der Waals surface area (Å²) in [5, 5.41) is 0.978. The smallest absolute Gasteiger partial charge is 0.277 e. The van der Waals surface area contributed by atoms with Gasteiger partial charge in [-0.3, -0.25) is 14.5 Å². The van der Waals surface area contributed by atoms with Gasteiger partial charge >= 0.3 is 0 Å². The summed E-state index contributed by atoms with van der Waals surface area (Å²) in [6.07, 6.45) is 1.91. The lowest BCUT2D eigenvalue weighted by Gasteiger charge is -2.13. The predicted octanol–water partition coefficient (Wildman–Crippen LogP) is 1.45. The van der Waals surface area contributed by atoms with Crippen LogP contribution in [-0.4, -0.2) is 47.3 Å². The Morgan fingerprint density at radius 2 is 1.67 bits per heavy atom. The highest BCUT2D eigenvalue weighted by Crippen LogP contribution is 2.34. The number of rotatable bonds is 2. The topological polar surface area (TPSA) is 45.6 Å². The number of carbonyl (C=O) groups is 2. The van der Waals surface area contributed by atoms with Crippen LogP contribution in [0.3, 0.4) is 0 Å². The third kappa shape index (κ3) is 1.77. The second-order valence-electron chi connectivity index (χ2n) is 5.46. The molecule has 0 atom stereocenters. The molecule has 2 amide bonds. The minimum atomic E-state index is -0.257. The molecule has 0 radical (unpaired) electrons. The molecule has 0 saturated carbocycles. The lowest BCUT2D eigenvalue weighted by atomic mass is 10.0. The standard InChI is InChI=1S/C16H17N3O2/c1-17(2)14-13(15(20)19(4)16(14)21)11-9-18(3)12-8-6-5-7-10(11)12/h5-9H,1-4H3. The number of hydrogen-bond acceptors (Lipinski definition) is 3. The van der Waals surface area contributed by atoms with E-state index in [0.717, 1.165) is 16.5 Å². The van der Waals surface area contributed by atoms with Gasteiger partial charge in [-0.15, -0.1) is 0 Å². The molecule has 1 aromatic heterocycles. The van der Waals surface area contributed by atoms with Crippen molar-refractivity contribution in [1.29, 1.82) is 0 Å². The molecule has 0 fully saturated rings. The van der Waals surface area contributed by atoms with Crippen molar-refractivity contribution in [3.63, 3.8) is 0 Å². The van der Waals surface area contributed by atoms with E-state index in [1.807, 2.05) is 42.1 Å². The van der Waals surface area contributed by atoms with E-state index in [1.165, 1.54) is 11.9 Å². The number of likely N-dealkylation sites (N-methyl/N-ethyl adjacent to an activating group) is 2. The quantitative estimate of drug-likeness (QED) is 0.784. The maximum absolute atomic E-state index is 12.5. The minimum Gasteiger partial charge on any atom is -0.373 e. The van der Waals surface area contributed by atoms with Crippen molar-refractivity contribution in [3.05, 3.63) is 41.7 Å². The van der Waals surface area contributed by atoms with E-state index in [2.05, 4.69) is 0 Å². The Labute approximate surface area is 123 Å². The number of benzene rings is 1. The molecule has 2 aromatic rings. The molecule has 0 saturated heterocycles. The minimum absolute atomic E-state index is 0.250. The largest absolute Gasteiger partial charge is 0.373 e. The zero-order valence-corrected chi connectivity index (χ0v) is 12.5. The molecule has 108 valence electrons. The van der Waals surface area contributed by atoms with Crippen LogP contribution in [0.15, 0.2) is 36.2 Å². The summed E-state index contributed by atoms with van der Waals surface area (Å²) in [4.78, 5) is 27.7. The van der Waals surface area contributed by atoms with Gasteiger partial charge in [0.1, 0.15) is 5.70 Å². The van der Waals surface area contributed by atoms with Gasteiger partial charge < -0.3 is 9.47 Å². The molecule has 5 nitrogen and oxygen atoms in total. The molecule has 1 aromatic carbocycles. The van der Waals surface area contributed by atoms with Gasteiger partial charge in [-0.1, -0.05) is 18.2 Å². The van der Waals surface area contributed by atoms with E-state index in [0.29, 0.717) is 11.3 Å². The van der Waals surface area contributed by atoms with Crippen molar-refractivity contribution < 1.29 is 9.59 Å². The van der Waals surface area contributed by atoms with Crippen LogP contribution in [0.2, 0.25) is 0 Å². The SMILES string of the molecule is CN(C)C1=C(c2cn(C)c3ccccc23)C(=O)N(C)C1=O. The first-order valence-electron chi connectivity index (χ1n) is 6.72. The first kappa shape index (κ1) is 13.4. The fourth-order valence-electron chi connectivity index (χ4n) is 2.83. The highest BCUT2D eigenvalue weighted by molar-refractivity contribution is 6.36. The van der Waals surface area contributed by atoms with Gasteiger partial charge in [-0.05, 0) is 6.07 Å². The van der Waals surface area contributed by atoms with Crippen LogP contribution < -0.4 is 0 Å². The second-order valence-corrected chi connectivity index (χ2v) is 5.46. The number of aryl methyl sites for hydroxylation is 1. The van der Waals surface area contributed by atoms with Crippen molar-refractivity contribution in [1.82, 2.24) is 14.4 Å². The Balaban J connectivity index is 2.35. The summed E-state index contributed by atoms with van der Waals surface area (Å²) in [5.41, 5.74) is 2.76. The Kier molecular flexibility index (Phi) is 2.86. The Morgan fingerprint density at radius 1 is 1.00 bits per heavy atom. The van der Waals surface area contributed by atoms with Crippen molar-refractivity contribution in [3.8, 4) is 0 Å². The number of para-hydroxylation sites is 1. The van der Waals surface area contributed by atoms with Gasteiger partial charge in [-0.25, -0.2) is 0 Å². The Morgan fingerprint density at radius 3 is 2.33 bits per heavy atom. The van der Waals surface area contributed by atoms with Crippen molar-refractivity contribution >= 4 is 28.3 Å². The average Bonchev–Trinajstić information content (AvgIpc) is 2.89. The molecule has 0 aliphatic carbocycles. The highest BCUT2D eigenvalue weighted by atomic mass is 16.2. The van der Waals surface area contributed by atoms with E-state index in [-0.39, 0.29) is 11.8 Å². The van der Waals surface area contributed by atoms with Gasteiger partial charge in [0.15, 0.2) is 0 Å². The van der Waals surface area contributed by atoms with Crippen molar-refractivity contribution in [2.24, 2.45) is 7.05 Å². The fraction of sp³-hybridized carbons (Fsp3) is 0.250. The second kappa shape index (κ2) is 4.48. The first-order chi connectivity index (χ1) is 9.93. The molecular formula is C16H17N3O2. The summed E-state index contributed by atoms with van der Waals surface area (Å²) in [6.45, 7) is 0. The number of nitrogens with zero attached hydrogens (tertiary/aromatic N) is 3. The zero-order chi connectivity index (χ0) is 15.3. The number of hydrogen-bond donors (Lipinski definition) is 0. The van der Waals surface area contributed by atoms with Crippen LogP contribution in [0, 0.1) is 0 Å². The molecular weight excluding hydrogens is 266 g/mol. The van der Waals surface area contributed by atoms with Gasteiger partial charge in [0, 0.05) is 50.9 Å². The average molecular weight is 283 g/mol.